The first kappa shape index (κ1) is 5.32. The van der Waals surface area contributed by atoms with Gasteiger partial charge >= 0.3 is 8.67 Å². The van der Waals surface area contributed by atoms with Crippen LogP contribution in [0.5, 0.6) is 0 Å². The molecule has 44 valence electrons. The highest BCUT2D eigenvalue weighted by Gasteiger charge is 1.71. The van der Waals surface area contributed by atoms with Crippen LogP contribution >= 0.6 is 8.67 Å². The highest BCUT2D eigenvalue weighted by Crippen LogP contribution is 2.03. The predicted octanol–water partition coefficient (Wildman–Crippen LogP) is 0.839. The summed E-state index contributed by atoms with van der Waals surface area (Å²) in [5.41, 5.74) is 0. The Morgan fingerprint density at radius 2 is 2.38 bits per heavy atom. The molecule has 0 N–H and O–H groups in total. The lowest BCUT2D eigenvalue weighted by molar-refractivity contribution is -0.672. The Balaban J connectivity index is 3.12. The van der Waals surface area contributed by atoms with Crippen molar-refractivity contribution in [1.29, 1.82) is 0 Å². The molecule has 0 aliphatic heterocycles. The van der Waals surface area contributed by atoms with Gasteiger partial charge in [0, 0.05) is 12.1 Å². The smallest absolute Gasteiger partial charge is 0.413 e. The van der Waals surface area contributed by atoms with Crippen LogP contribution in [0.3, 0.4) is 0 Å². The summed E-state index contributed by atoms with van der Waals surface area (Å²) >= 11 is 0. The fourth-order valence-electron chi connectivity index (χ4n) is 0.304. The molecule has 0 radical (unpaired) electrons. The first-order valence-corrected chi connectivity index (χ1v) is 2.86. The Kier molecular flexibility index (Phi) is 1.65. The molecular formula is C4H5O3P. The van der Waals surface area contributed by atoms with Gasteiger partial charge in [0.2, 0.25) is 6.26 Å². The topological polar surface area (TPSA) is 38.9 Å². The van der Waals surface area contributed by atoms with Gasteiger partial charge in [-0.15, -0.1) is 0 Å². The normalized spacial score (nSPS) is 9.50. The predicted molar refractivity (Wildman–Crippen MR) is 28.1 cm³/mol. The standard InChI is InChI=1S/C4H5O3P/c5-7-4-2-1-3-6-8-7/h1-4,8H. The van der Waals surface area contributed by atoms with E-state index in [-0.39, 0.29) is 8.67 Å². The Morgan fingerprint density at radius 1 is 1.50 bits per heavy atom. The van der Waals surface area contributed by atoms with Gasteiger partial charge in [0.1, 0.15) is 0 Å². The molecule has 1 rings (SSSR count). The van der Waals surface area contributed by atoms with Crippen molar-refractivity contribution in [2.75, 3.05) is 0 Å². The van der Waals surface area contributed by atoms with E-state index in [0.717, 1.165) is 0 Å². The monoisotopic (exact) mass is 132 g/mol. The third kappa shape index (κ3) is 1.35. The molecule has 1 unspecified atom stereocenters. The number of rotatable bonds is 0. The molecule has 4 heteroatoms. The molecule has 0 saturated heterocycles. The molecule has 0 bridgehead atoms. The van der Waals surface area contributed by atoms with Gasteiger partial charge in [0.15, 0.2) is 6.26 Å². The minimum absolute atomic E-state index is 0.211. The van der Waals surface area contributed by atoms with Crippen LogP contribution < -0.4 is 5.26 Å². The van der Waals surface area contributed by atoms with E-state index in [4.69, 9.17) is 0 Å². The van der Waals surface area contributed by atoms with E-state index in [0.29, 0.717) is 0 Å². The van der Waals surface area contributed by atoms with Gasteiger partial charge in [0.25, 0.3) is 0 Å². The van der Waals surface area contributed by atoms with Gasteiger partial charge in [-0.2, -0.15) is 0 Å². The summed E-state index contributed by atoms with van der Waals surface area (Å²) in [5.74, 6) is 0. The Hall–Kier alpha value is -0.820. The zero-order valence-electron chi connectivity index (χ0n) is 4.03. The second-order valence-electron chi connectivity index (χ2n) is 1.16. The highest BCUT2D eigenvalue weighted by atomic mass is 31.1. The van der Waals surface area contributed by atoms with E-state index in [1.807, 2.05) is 0 Å². The van der Waals surface area contributed by atoms with Crippen LogP contribution in [-0.2, 0) is 0 Å². The van der Waals surface area contributed by atoms with Crippen molar-refractivity contribution in [1.82, 2.24) is 0 Å². The Labute approximate surface area is 47.8 Å². The largest absolute Gasteiger partial charge is 0.652 e. The summed E-state index contributed by atoms with van der Waals surface area (Å²) in [6.07, 6.45) is 2.81. The minimum Gasteiger partial charge on any atom is -0.652 e. The van der Waals surface area contributed by atoms with Crippen LogP contribution in [-0.4, -0.2) is 0 Å². The summed E-state index contributed by atoms with van der Waals surface area (Å²) in [7, 11) is -0.211. The van der Waals surface area contributed by atoms with Crippen molar-refractivity contribution in [2.45, 2.75) is 0 Å². The number of hydrogen-bond donors (Lipinski definition) is 0. The third-order valence-electron chi connectivity index (χ3n) is 0.590. The fourth-order valence-corrected chi connectivity index (χ4v) is 0.667. The van der Waals surface area contributed by atoms with Crippen LogP contribution in [0.4, 0.5) is 0 Å². The van der Waals surface area contributed by atoms with E-state index in [1.54, 1.807) is 12.1 Å². The maximum Gasteiger partial charge on any atom is 0.413 e. The molecule has 0 amide bonds. The first-order valence-electron chi connectivity index (χ1n) is 2.05. The molecule has 0 aromatic carbocycles. The fraction of sp³-hybridized carbons (Fsp3) is 0. The van der Waals surface area contributed by atoms with Gasteiger partial charge in [0.05, 0.1) is 0 Å². The van der Waals surface area contributed by atoms with E-state index >= 15 is 0 Å². The van der Waals surface area contributed by atoms with E-state index in [2.05, 4.69) is 4.20 Å². The zero-order chi connectivity index (χ0) is 5.82. The second kappa shape index (κ2) is 2.48. The van der Waals surface area contributed by atoms with Crippen molar-refractivity contribution in [2.24, 2.45) is 0 Å². The summed E-state index contributed by atoms with van der Waals surface area (Å²) in [6, 6.07) is 3.25. The minimum atomic E-state index is -0.211. The van der Waals surface area contributed by atoms with E-state index in [9.17, 15) is 5.26 Å². The van der Waals surface area contributed by atoms with Crippen molar-refractivity contribution < 1.29 is 13.4 Å². The Bertz CT molecular complexity index is 165. The Morgan fingerprint density at radius 3 is 3.25 bits per heavy atom. The molecule has 1 aromatic rings. The van der Waals surface area contributed by atoms with Crippen LogP contribution in [0.25, 0.3) is 0 Å². The first-order chi connectivity index (χ1) is 3.89. The van der Waals surface area contributed by atoms with Crippen molar-refractivity contribution in [3.8, 4) is 0 Å². The molecule has 1 heterocycles. The third-order valence-corrected chi connectivity index (χ3v) is 1.12. The molecule has 0 saturated carbocycles. The average Bonchev–Trinajstić information content (AvgIpc) is 1.94. The van der Waals surface area contributed by atoms with Gasteiger partial charge < -0.3 is 9.24 Å². The summed E-state index contributed by atoms with van der Waals surface area (Å²) in [4.78, 5) is 0. The number of hydrogen-bond acceptors (Lipinski definition) is 2. The lowest BCUT2D eigenvalue weighted by atomic mass is 10.7. The summed E-state index contributed by atoms with van der Waals surface area (Å²) in [5, 5.41) is 10.3. The van der Waals surface area contributed by atoms with Gasteiger partial charge in [-0.25, -0.2) is 0 Å². The van der Waals surface area contributed by atoms with Crippen molar-refractivity contribution >= 4 is 8.67 Å². The van der Waals surface area contributed by atoms with Crippen LogP contribution in [0.1, 0.15) is 0 Å². The SMILES string of the molecule is [O-][o+]1cccco[pH]1. The molecule has 1 aromatic heterocycles. The van der Waals surface area contributed by atoms with E-state index < -0.39 is 0 Å². The van der Waals surface area contributed by atoms with Crippen LogP contribution in [0.2, 0.25) is 0 Å². The van der Waals surface area contributed by atoms with Gasteiger partial charge in [-0.3, -0.25) is 4.20 Å². The lowest BCUT2D eigenvalue weighted by Gasteiger charge is -1.98. The van der Waals surface area contributed by atoms with Crippen molar-refractivity contribution in [3.05, 3.63) is 24.7 Å². The zero-order valence-corrected chi connectivity index (χ0v) is 5.03. The highest BCUT2D eigenvalue weighted by molar-refractivity contribution is 7.15. The molecule has 0 spiro atoms. The molecule has 0 aliphatic rings. The van der Waals surface area contributed by atoms with Crippen LogP contribution in [0.15, 0.2) is 32.8 Å². The molecule has 0 fully saturated rings. The molecular weight excluding hydrogens is 127 g/mol. The molecule has 0 aliphatic carbocycles. The average molecular weight is 132 g/mol. The maximum atomic E-state index is 10.3. The lowest BCUT2D eigenvalue weighted by Crippen LogP contribution is -1.91. The summed E-state index contributed by atoms with van der Waals surface area (Å²) in [6.45, 7) is 0. The molecule has 1 atom stereocenters. The van der Waals surface area contributed by atoms with Gasteiger partial charge in [-0.05, 0) is 0 Å². The van der Waals surface area contributed by atoms with Gasteiger partial charge in [-0.1, -0.05) is 0 Å². The molecule has 3 nitrogen and oxygen atoms in total. The summed E-state index contributed by atoms with van der Waals surface area (Å²) < 4.78 is 6.10. The van der Waals surface area contributed by atoms with Crippen molar-refractivity contribution in [3.63, 3.8) is 0 Å². The van der Waals surface area contributed by atoms with E-state index in [1.165, 1.54) is 16.5 Å². The molecule has 8 heavy (non-hydrogen) atoms. The quantitative estimate of drug-likeness (QED) is 0.387. The van der Waals surface area contributed by atoms with Crippen LogP contribution in [0, 0.1) is 0 Å². The second-order valence-corrected chi connectivity index (χ2v) is 1.96. The maximum absolute atomic E-state index is 10.3.